The van der Waals surface area contributed by atoms with Crippen molar-refractivity contribution in [2.24, 2.45) is 0 Å². The second-order valence-corrected chi connectivity index (χ2v) is 4.69. The molecular formula is C15H17N3O. The molecule has 1 aromatic carbocycles. The van der Waals surface area contributed by atoms with Crippen LogP contribution in [0.4, 0.5) is 5.82 Å². The molecule has 4 heteroatoms. The number of fused-ring (bicyclic) bond motifs is 1. The van der Waals surface area contributed by atoms with Gasteiger partial charge in [0, 0.05) is 11.1 Å². The summed E-state index contributed by atoms with van der Waals surface area (Å²) in [6, 6.07) is 6.22. The number of benzene rings is 1. The topological polar surface area (TPSA) is 61.0 Å². The molecule has 0 saturated heterocycles. The maximum Gasteiger partial charge on any atom is 0.131 e. The molecule has 0 radical (unpaired) electrons. The summed E-state index contributed by atoms with van der Waals surface area (Å²) in [6.45, 7) is 2.83. The third kappa shape index (κ3) is 2.03. The highest BCUT2D eigenvalue weighted by molar-refractivity contribution is 5.74. The lowest BCUT2D eigenvalue weighted by atomic mass is 9.97. The van der Waals surface area contributed by atoms with E-state index in [9.17, 15) is 0 Å². The summed E-state index contributed by atoms with van der Waals surface area (Å²) in [4.78, 5) is 8.49. The first-order valence-electron chi connectivity index (χ1n) is 6.65. The van der Waals surface area contributed by atoms with Gasteiger partial charge in [-0.15, -0.1) is 0 Å². The van der Waals surface area contributed by atoms with E-state index < -0.39 is 0 Å². The number of anilines is 1. The van der Waals surface area contributed by atoms with E-state index in [4.69, 9.17) is 10.5 Å². The number of hydrogen-bond acceptors (Lipinski definition) is 4. The monoisotopic (exact) mass is 255 g/mol. The average Bonchev–Trinajstić information content (AvgIpc) is 2.46. The summed E-state index contributed by atoms with van der Waals surface area (Å²) in [5.74, 6) is 1.52. The molecule has 0 spiro atoms. The molecule has 0 atom stereocenters. The number of aromatic nitrogens is 2. The van der Waals surface area contributed by atoms with Crippen LogP contribution in [0.3, 0.4) is 0 Å². The van der Waals surface area contributed by atoms with Crippen LogP contribution >= 0.6 is 0 Å². The van der Waals surface area contributed by atoms with E-state index in [0.717, 1.165) is 48.4 Å². The van der Waals surface area contributed by atoms with Gasteiger partial charge in [-0.2, -0.15) is 0 Å². The van der Waals surface area contributed by atoms with Crippen molar-refractivity contribution < 1.29 is 4.74 Å². The molecule has 0 bridgehead atoms. The van der Waals surface area contributed by atoms with Gasteiger partial charge in [0.15, 0.2) is 0 Å². The van der Waals surface area contributed by atoms with Gasteiger partial charge in [0.05, 0.1) is 12.3 Å². The van der Waals surface area contributed by atoms with E-state index in [2.05, 4.69) is 29.0 Å². The molecule has 1 aromatic heterocycles. The van der Waals surface area contributed by atoms with Crippen LogP contribution in [0.5, 0.6) is 5.75 Å². The molecule has 0 unspecified atom stereocenters. The number of hydrogen-bond donors (Lipinski definition) is 1. The van der Waals surface area contributed by atoms with Crippen molar-refractivity contribution in [2.75, 3.05) is 12.3 Å². The summed E-state index contributed by atoms with van der Waals surface area (Å²) in [6.07, 6.45) is 4.46. The number of rotatable bonds is 2. The molecule has 2 N–H and O–H groups in total. The Morgan fingerprint density at radius 1 is 1.32 bits per heavy atom. The molecule has 4 nitrogen and oxygen atoms in total. The lowest BCUT2D eigenvalue weighted by Crippen LogP contribution is -2.10. The minimum Gasteiger partial charge on any atom is -0.493 e. The Kier molecular flexibility index (Phi) is 3.07. The molecule has 0 amide bonds. The van der Waals surface area contributed by atoms with Gasteiger partial charge < -0.3 is 10.5 Å². The van der Waals surface area contributed by atoms with Gasteiger partial charge in [-0.3, -0.25) is 0 Å². The van der Waals surface area contributed by atoms with Crippen molar-refractivity contribution in [3.05, 3.63) is 35.7 Å². The quantitative estimate of drug-likeness (QED) is 0.896. The zero-order valence-corrected chi connectivity index (χ0v) is 11.0. The van der Waals surface area contributed by atoms with Gasteiger partial charge in [-0.1, -0.05) is 19.1 Å². The molecule has 1 aliphatic rings. The van der Waals surface area contributed by atoms with Crippen molar-refractivity contribution in [3.8, 4) is 17.0 Å². The third-order valence-electron chi connectivity index (χ3n) is 3.52. The molecule has 3 rings (SSSR count). The molecule has 2 heterocycles. The fourth-order valence-corrected chi connectivity index (χ4v) is 2.58. The Balaban J connectivity index is 2.20. The Morgan fingerprint density at radius 3 is 3.05 bits per heavy atom. The minimum absolute atomic E-state index is 0.556. The van der Waals surface area contributed by atoms with E-state index in [-0.39, 0.29) is 0 Å². The Labute approximate surface area is 112 Å². The second kappa shape index (κ2) is 4.88. The number of aryl methyl sites for hydroxylation is 1. The van der Waals surface area contributed by atoms with Crippen LogP contribution in [-0.2, 0) is 12.8 Å². The largest absolute Gasteiger partial charge is 0.493 e. The van der Waals surface area contributed by atoms with Crippen molar-refractivity contribution in [3.63, 3.8) is 0 Å². The zero-order valence-electron chi connectivity index (χ0n) is 11.0. The van der Waals surface area contributed by atoms with Crippen LogP contribution < -0.4 is 10.5 Å². The number of ether oxygens (including phenoxy) is 1. The van der Waals surface area contributed by atoms with Crippen molar-refractivity contribution in [1.82, 2.24) is 9.97 Å². The normalized spacial score (nSPS) is 13.7. The maximum absolute atomic E-state index is 5.95. The van der Waals surface area contributed by atoms with E-state index in [1.165, 1.54) is 11.9 Å². The Bertz CT molecular complexity index is 610. The van der Waals surface area contributed by atoms with E-state index in [1.807, 2.05) is 6.07 Å². The van der Waals surface area contributed by atoms with Crippen LogP contribution in [0.25, 0.3) is 11.3 Å². The highest BCUT2D eigenvalue weighted by Gasteiger charge is 2.19. The smallest absolute Gasteiger partial charge is 0.131 e. The van der Waals surface area contributed by atoms with Gasteiger partial charge in [0.1, 0.15) is 17.9 Å². The first-order chi connectivity index (χ1) is 9.31. The Morgan fingerprint density at radius 2 is 2.21 bits per heavy atom. The summed E-state index contributed by atoms with van der Waals surface area (Å²) in [5, 5.41) is 0. The van der Waals surface area contributed by atoms with E-state index in [0.29, 0.717) is 5.82 Å². The first-order valence-corrected chi connectivity index (χ1v) is 6.65. The summed E-state index contributed by atoms with van der Waals surface area (Å²) in [7, 11) is 0. The molecule has 0 aliphatic carbocycles. The third-order valence-corrected chi connectivity index (χ3v) is 3.52. The van der Waals surface area contributed by atoms with Crippen LogP contribution in [0.2, 0.25) is 0 Å². The van der Waals surface area contributed by atoms with Crippen LogP contribution in [0.15, 0.2) is 24.5 Å². The van der Waals surface area contributed by atoms with Gasteiger partial charge in [0.25, 0.3) is 0 Å². The highest BCUT2D eigenvalue weighted by Crippen LogP contribution is 2.37. The molecule has 98 valence electrons. The van der Waals surface area contributed by atoms with Crippen LogP contribution in [0.1, 0.15) is 24.5 Å². The molecule has 2 aromatic rings. The van der Waals surface area contributed by atoms with Gasteiger partial charge in [-0.05, 0) is 30.9 Å². The summed E-state index contributed by atoms with van der Waals surface area (Å²) in [5.41, 5.74) is 10.1. The Hall–Kier alpha value is -2.10. The van der Waals surface area contributed by atoms with Crippen LogP contribution in [-0.4, -0.2) is 16.6 Å². The average molecular weight is 255 g/mol. The molecule has 19 heavy (non-hydrogen) atoms. The predicted molar refractivity (Wildman–Crippen MR) is 75.1 cm³/mol. The highest BCUT2D eigenvalue weighted by atomic mass is 16.5. The van der Waals surface area contributed by atoms with Crippen molar-refractivity contribution in [2.45, 2.75) is 26.2 Å². The van der Waals surface area contributed by atoms with E-state index >= 15 is 0 Å². The number of nitrogen functional groups attached to an aromatic ring is 1. The molecular weight excluding hydrogens is 238 g/mol. The first kappa shape index (κ1) is 12.0. The standard InChI is InChI=1S/C15H17N3O/c1-2-11-13(17-9-18-15(11)16)12-7-3-5-10-6-4-8-19-14(10)12/h3,5,7,9H,2,4,6,8H2,1H3,(H2,16,17,18). The van der Waals surface area contributed by atoms with Crippen LogP contribution in [0, 0.1) is 0 Å². The fraction of sp³-hybridized carbons (Fsp3) is 0.333. The number of nitrogens with two attached hydrogens (primary N) is 1. The van der Waals surface area contributed by atoms with Gasteiger partial charge in [-0.25, -0.2) is 9.97 Å². The van der Waals surface area contributed by atoms with Gasteiger partial charge >= 0.3 is 0 Å². The lowest BCUT2D eigenvalue weighted by Gasteiger charge is -2.21. The lowest BCUT2D eigenvalue weighted by molar-refractivity contribution is 0.289. The van der Waals surface area contributed by atoms with Crippen molar-refractivity contribution >= 4 is 5.82 Å². The molecule has 0 saturated carbocycles. The second-order valence-electron chi connectivity index (χ2n) is 4.69. The summed E-state index contributed by atoms with van der Waals surface area (Å²) >= 11 is 0. The fourth-order valence-electron chi connectivity index (χ4n) is 2.58. The predicted octanol–water partition coefficient (Wildman–Crippen LogP) is 2.61. The molecule has 0 fully saturated rings. The van der Waals surface area contributed by atoms with E-state index in [1.54, 1.807) is 0 Å². The SMILES string of the molecule is CCc1c(N)ncnc1-c1cccc2c1OCCC2. The maximum atomic E-state index is 5.95. The zero-order chi connectivity index (χ0) is 13.2. The van der Waals surface area contributed by atoms with Gasteiger partial charge in [0.2, 0.25) is 0 Å². The minimum atomic E-state index is 0.556. The van der Waals surface area contributed by atoms with Crippen molar-refractivity contribution in [1.29, 1.82) is 0 Å². The number of para-hydroxylation sites is 1. The number of nitrogens with zero attached hydrogens (tertiary/aromatic N) is 2. The summed E-state index contributed by atoms with van der Waals surface area (Å²) < 4.78 is 5.85. The molecule has 1 aliphatic heterocycles.